The minimum Gasteiger partial charge on any atom is -0.454 e. The normalized spacial score (nSPS) is 22.1. The number of amides is 1. The van der Waals surface area contributed by atoms with Crippen molar-refractivity contribution in [1.29, 1.82) is 0 Å². The molecule has 22 heavy (non-hydrogen) atoms. The van der Waals surface area contributed by atoms with Crippen molar-refractivity contribution in [2.24, 2.45) is 4.99 Å². The predicted octanol–water partition coefficient (Wildman–Crippen LogP) is 2.63. The summed E-state index contributed by atoms with van der Waals surface area (Å²) in [7, 11) is 1.16. The fourth-order valence-corrected chi connectivity index (χ4v) is 4.04. The van der Waals surface area contributed by atoms with Crippen LogP contribution in [0.1, 0.15) is 5.56 Å². The molecule has 0 unspecified atom stereocenters. The Balaban J connectivity index is 1.68. The summed E-state index contributed by atoms with van der Waals surface area (Å²) < 4.78 is 10.6. The Labute approximate surface area is 130 Å². The molecule has 1 aromatic carbocycles. The second kappa shape index (κ2) is 5.06. The van der Waals surface area contributed by atoms with E-state index >= 15 is 0 Å². The topological polar surface area (TPSA) is 51.1 Å². The molecule has 3 aliphatic heterocycles. The maximum atomic E-state index is 12.4. The maximum absolute atomic E-state index is 12.4. The van der Waals surface area contributed by atoms with Gasteiger partial charge < -0.3 is 9.47 Å². The molecule has 1 aromatic rings. The van der Waals surface area contributed by atoms with Gasteiger partial charge in [-0.15, -0.1) is 0 Å². The van der Waals surface area contributed by atoms with Crippen LogP contribution in [0.15, 0.2) is 51.9 Å². The van der Waals surface area contributed by atoms with E-state index in [1.54, 1.807) is 18.0 Å². The summed E-state index contributed by atoms with van der Waals surface area (Å²) in [6, 6.07) is 5.59. The van der Waals surface area contributed by atoms with Crippen molar-refractivity contribution >= 4 is 28.0 Å². The molecule has 3 heterocycles. The molecule has 4 rings (SSSR count). The first kappa shape index (κ1) is 13.2. The van der Waals surface area contributed by atoms with E-state index in [9.17, 15) is 4.79 Å². The molecule has 0 fully saturated rings. The number of amidine groups is 1. The standard InChI is InChI=1S/C16H14N2O3S/c1-18-15(19)12(17-16(18)22-6-2-3-7-22)8-11-4-5-13-14(9-11)21-10-20-13/h2-9,22H,10H2,1H3. The van der Waals surface area contributed by atoms with Crippen LogP contribution in [-0.2, 0) is 4.79 Å². The van der Waals surface area contributed by atoms with Crippen LogP contribution in [-0.4, -0.2) is 29.8 Å². The number of likely N-dealkylation sites (N-methyl/N-ethyl adjacent to an activating group) is 1. The first-order valence-electron chi connectivity index (χ1n) is 6.84. The van der Waals surface area contributed by atoms with Crippen molar-refractivity contribution in [2.45, 2.75) is 0 Å². The highest BCUT2D eigenvalue weighted by Crippen LogP contribution is 2.39. The molecule has 0 aliphatic carbocycles. The number of benzene rings is 1. The maximum Gasteiger partial charge on any atom is 0.278 e. The number of nitrogens with zero attached hydrogens (tertiary/aromatic N) is 2. The fraction of sp³-hybridized carbons (Fsp3) is 0.125. The summed E-state index contributed by atoms with van der Waals surface area (Å²) >= 11 is 0. The monoisotopic (exact) mass is 314 g/mol. The highest BCUT2D eigenvalue weighted by atomic mass is 32.2. The van der Waals surface area contributed by atoms with Gasteiger partial charge in [0.1, 0.15) is 5.70 Å². The lowest BCUT2D eigenvalue weighted by Gasteiger charge is -2.16. The summed E-state index contributed by atoms with van der Waals surface area (Å²) in [6.07, 6.45) is 5.77. The van der Waals surface area contributed by atoms with E-state index in [2.05, 4.69) is 15.8 Å². The molecule has 0 atom stereocenters. The molecule has 0 aromatic heterocycles. The minimum absolute atomic E-state index is 0.0798. The number of fused-ring (bicyclic) bond motifs is 1. The van der Waals surface area contributed by atoms with Gasteiger partial charge in [0.15, 0.2) is 16.7 Å². The largest absolute Gasteiger partial charge is 0.454 e. The van der Waals surface area contributed by atoms with Gasteiger partial charge in [0, 0.05) is 7.05 Å². The molecule has 112 valence electrons. The molecule has 6 heteroatoms. The average molecular weight is 314 g/mol. The summed E-state index contributed by atoms with van der Waals surface area (Å²) in [5.41, 5.74) is 1.32. The van der Waals surface area contributed by atoms with Gasteiger partial charge >= 0.3 is 0 Å². The van der Waals surface area contributed by atoms with Crippen molar-refractivity contribution in [1.82, 2.24) is 4.90 Å². The van der Waals surface area contributed by atoms with Gasteiger partial charge in [-0.3, -0.25) is 9.69 Å². The Morgan fingerprint density at radius 3 is 2.82 bits per heavy atom. The van der Waals surface area contributed by atoms with Gasteiger partial charge in [0.05, 0.1) is 0 Å². The first-order valence-corrected chi connectivity index (χ1v) is 8.32. The second-order valence-electron chi connectivity index (χ2n) is 5.01. The molecular weight excluding hydrogens is 300 g/mol. The Morgan fingerprint density at radius 1 is 1.23 bits per heavy atom. The first-order chi connectivity index (χ1) is 10.7. The summed E-state index contributed by atoms with van der Waals surface area (Å²) in [5, 5.41) is 4.99. The number of allylic oxidation sites excluding steroid dienone is 2. The number of rotatable bonds is 1. The van der Waals surface area contributed by atoms with Gasteiger partial charge in [-0.25, -0.2) is 4.99 Å². The van der Waals surface area contributed by atoms with Crippen LogP contribution in [0.2, 0.25) is 0 Å². The van der Waals surface area contributed by atoms with Crippen LogP contribution in [0.5, 0.6) is 11.5 Å². The van der Waals surface area contributed by atoms with Gasteiger partial charge in [-0.05, 0) is 34.6 Å². The quantitative estimate of drug-likeness (QED) is 0.640. The minimum atomic E-state index is -0.609. The zero-order valence-electron chi connectivity index (χ0n) is 11.9. The van der Waals surface area contributed by atoms with Crippen LogP contribution < -0.4 is 9.47 Å². The second-order valence-corrected chi connectivity index (χ2v) is 6.82. The molecule has 5 nitrogen and oxygen atoms in total. The number of aliphatic imine (C=N–C) groups is 1. The summed E-state index contributed by atoms with van der Waals surface area (Å²) in [4.78, 5) is 18.5. The lowest BCUT2D eigenvalue weighted by atomic mass is 10.1. The van der Waals surface area contributed by atoms with Crippen LogP contribution in [0.25, 0.3) is 6.08 Å². The molecule has 0 saturated carbocycles. The fourth-order valence-electron chi connectivity index (χ4n) is 2.45. The van der Waals surface area contributed by atoms with E-state index in [0.717, 1.165) is 16.5 Å². The number of hydrogen-bond acceptors (Lipinski definition) is 4. The van der Waals surface area contributed by atoms with E-state index in [4.69, 9.17) is 9.47 Å². The third-order valence-electron chi connectivity index (χ3n) is 3.58. The van der Waals surface area contributed by atoms with E-state index in [-0.39, 0.29) is 12.7 Å². The molecule has 1 amide bonds. The third kappa shape index (κ3) is 2.12. The van der Waals surface area contributed by atoms with Crippen molar-refractivity contribution in [2.75, 3.05) is 13.8 Å². The Morgan fingerprint density at radius 2 is 2.00 bits per heavy atom. The molecule has 0 N–H and O–H groups in total. The van der Waals surface area contributed by atoms with Gasteiger partial charge in [-0.2, -0.15) is 10.9 Å². The van der Waals surface area contributed by atoms with Crippen LogP contribution in [0.4, 0.5) is 0 Å². The zero-order valence-corrected chi connectivity index (χ0v) is 12.8. The third-order valence-corrected chi connectivity index (χ3v) is 5.43. The van der Waals surface area contributed by atoms with Crippen molar-refractivity contribution < 1.29 is 14.3 Å². The Bertz CT molecular complexity index is 768. The smallest absolute Gasteiger partial charge is 0.278 e. The number of carbonyl (C=O) groups excluding carboxylic acids is 1. The average Bonchev–Trinajstić information content (AvgIpc) is 3.24. The molecule has 0 saturated heterocycles. The Hall–Kier alpha value is -2.47. The van der Waals surface area contributed by atoms with Crippen molar-refractivity contribution in [3.63, 3.8) is 0 Å². The van der Waals surface area contributed by atoms with Gasteiger partial charge in [-0.1, -0.05) is 18.2 Å². The lowest BCUT2D eigenvalue weighted by molar-refractivity contribution is -0.121. The number of carbonyl (C=O) groups is 1. The summed E-state index contributed by atoms with van der Waals surface area (Å²) in [6.45, 7) is 0.238. The SMILES string of the molecule is CN1C(=O)C(=Cc2ccc3c(c2)OCO3)N=C1[SH]1C=CC=C1. The lowest BCUT2D eigenvalue weighted by Crippen LogP contribution is -2.26. The van der Waals surface area contributed by atoms with Crippen molar-refractivity contribution in [3.8, 4) is 11.5 Å². The summed E-state index contributed by atoms with van der Waals surface area (Å²) in [5.74, 6) is 1.35. The zero-order chi connectivity index (χ0) is 15.1. The molecule has 3 aliphatic rings. The van der Waals surface area contributed by atoms with Gasteiger partial charge in [0.2, 0.25) is 6.79 Å². The molecule has 0 spiro atoms. The predicted molar refractivity (Wildman–Crippen MR) is 88.0 cm³/mol. The van der Waals surface area contributed by atoms with E-state index in [1.165, 1.54) is 0 Å². The van der Waals surface area contributed by atoms with Crippen LogP contribution >= 0.6 is 10.9 Å². The molecule has 0 radical (unpaired) electrons. The van der Waals surface area contributed by atoms with E-state index in [0.29, 0.717) is 11.4 Å². The highest BCUT2D eigenvalue weighted by molar-refractivity contribution is 8.34. The van der Waals surface area contributed by atoms with Crippen molar-refractivity contribution in [3.05, 3.63) is 52.4 Å². The van der Waals surface area contributed by atoms with E-state index < -0.39 is 10.9 Å². The highest BCUT2D eigenvalue weighted by Gasteiger charge is 2.29. The number of ether oxygens (including phenoxy) is 2. The number of thiol groups is 1. The van der Waals surface area contributed by atoms with E-state index in [1.807, 2.05) is 30.4 Å². The molecule has 0 bridgehead atoms. The van der Waals surface area contributed by atoms with Crippen LogP contribution in [0.3, 0.4) is 0 Å². The van der Waals surface area contributed by atoms with Crippen LogP contribution in [0, 0.1) is 0 Å². The Kier molecular flexibility index (Phi) is 3.04. The number of hydrogen-bond donors (Lipinski definition) is 1. The van der Waals surface area contributed by atoms with Gasteiger partial charge in [0.25, 0.3) is 5.91 Å². The molecular formula is C16H14N2O3S.